The van der Waals surface area contributed by atoms with Crippen LogP contribution in [0.15, 0.2) is 24.0 Å². The van der Waals surface area contributed by atoms with Crippen molar-refractivity contribution < 1.29 is 5.11 Å². The normalized spacial score (nSPS) is 18.6. The Balaban J connectivity index is 2.10. The second kappa shape index (κ2) is 6.06. The van der Waals surface area contributed by atoms with Gasteiger partial charge in [0.25, 0.3) is 0 Å². The first-order valence-corrected chi connectivity index (χ1v) is 6.80. The van der Waals surface area contributed by atoms with Crippen LogP contribution in [0, 0.1) is 5.92 Å². The Bertz CT molecular complexity index is 372. The van der Waals surface area contributed by atoms with Gasteiger partial charge < -0.3 is 9.67 Å². The Morgan fingerprint density at radius 1 is 1.41 bits per heavy atom. The molecule has 0 aliphatic heterocycles. The van der Waals surface area contributed by atoms with E-state index >= 15 is 0 Å². The summed E-state index contributed by atoms with van der Waals surface area (Å²) in [5, 5.41) is 9.53. The van der Waals surface area contributed by atoms with E-state index in [9.17, 15) is 5.11 Å². The second-order valence-electron chi connectivity index (χ2n) is 4.99. The van der Waals surface area contributed by atoms with Crippen LogP contribution in [-0.4, -0.2) is 16.3 Å². The minimum absolute atomic E-state index is 0.210. The Morgan fingerprint density at radius 2 is 2.18 bits per heavy atom. The van der Waals surface area contributed by atoms with Gasteiger partial charge in [-0.05, 0) is 42.9 Å². The highest BCUT2D eigenvalue weighted by Gasteiger charge is 2.17. The average Bonchev–Trinajstić information content (AvgIpc) is 2.84. The lowest BCUT2D eigenvalue weighted by atomic mass is 9.83. The molecule has 0 saturated heterocycles. The SMILES string of the molecule is CCn1ccc(C=C(CO)C2CCCCC2)c1. The number of hydrogen-bond donors (Lipinski definition) is 1. The van der Waals surface area contributed by atoms with E-state index in [-0.39, 0.29) is 6.61 Å². The van der Waals surface area contributed by atoms with Crippen molar-refractivity contribution in [2.24, 2.45) is 5.92 Å². The van der Waals surface area contributed by atoms with Crippen LogP contribution in [0.4, 0.5) is 0 Å². The predicted octanol–water partition coefficient (Wildman–Crippen LogP) is 3.46. The van der Waals surface area contributed by atoms with E-state index in [0.717, 1.165) is 6.54 Å². The molecule has 1 aromatic rings. The molecule has 1 aromatic heterocycles. The summed E-state index contributed by atoms with van der Waals surface area (Å²) in [4.78, 5) is 0. The number of aliphatic hydroxyl groups is 1. The maximum Gasteiger partial charge on any atom is 0.0647 e. The van der Waals surface area contributed by atoms with E-state index in [0.29, 0.717) is 5.92 Å². The van der Waals surface area contributed by atoms with Crippen molar-refractivity contribution in [3.8, 4) is 0 Å². The fraction of sp³-hybridized carbons (Fsp3) is 0.600. The van der Waals surface area contributed by atoms with Crippen LogP contribution in [0.1, 0.15) is 44.6 Å². The van der Waals surface area contributed by atoms with Gasteiger partial charge in [0.15, 0.2) is 0 Å². The minimum atomic E-state index is 0.210. The summed E-state index contributed by atoms with van der Waals surface area (Å²) < 4.78 is 2.17. The fourth-order valence-corrected chi connectivity index (χ4v) is 2.72. The zero-order chi connectivity index (χ0) is 12.1. The molecule has 0 atom stereocenters. The van der Waals surface area contributed by atoms with Crippen LogP contribution in [0.25, 0.3) is 6.08 Å². The van der Waals surface area contributed by atoms with Crippen LogP contribution in [0.2, 0.25) is 0 Å². The van der Waals surface area contributed by atoms with E-state index in [2.05, 4.69) is 36.0 Å². The molecule has 1 heterocycles. The third-order valence-corrected chi connectivity index (χ3v) is 3.80. The summed E-state index contributed by atoms with van der Waals surface area (Å²) in [7, 11) is 0. The lowest BCUT2D eigenvalue weighted by Crippen LogP contribution is -2.11. The van der Waals surface area contributed by atoms with E-state index in [1.807, 2.05) is 0 Å². The maximum atomic E-state index is 9.53. The molecular formula is C15H23NO. The van der Waals surface area contributed by atoms with Gasteiger partial charge in [-0.3, -0.25) is 0 Å². The Hall–Kier alpha value is -1.02. The lowest BCUT2D eigenvalue weighted by Gasteiger charge is -2.23. The molecule has 0 spiro atoms. The summed E-state index contributed by atoms with van der Waals surface area (Å²) in [6.07, 6.45) is 12.9. The third kappa shape index (κ3) is 3.22. The first kappa shape index (κ1) is 12.4. The van der Waals surface area contributed by atoms with Crippen LogP contribution < -0.4 is 0 Å². The highest BCUT2D eigenvalue weighted by molar-refractivity contribution is 5.53. The molecule has 0 amide bonds. The smallest absolute Gasteiger partial charge is 0.0647 e. The summed E-state index contributed by atoms with van der Waals surface area (Å²) in [6, 6.07) is 2.13. The molecule has 1 saturated carbocycles. The number of rotatable bonds is 4. The first-order chi connectivity index (χ1) is 8.33. The lowest BCUT2D eigenvalue weighted by molar-refractivity contribution is 0.295. The van der Waals surface area contributed by atoms with Crippen LogP contribution in [-0.2, 0) is 6.54 Å². The van der Waals surface area contributed by atoms with E-state index < -0.39 is 0 Å². The second-order valence-corrected chi connectivity index (χ2v) is 4.99. The summed E-state index contributed by atoms with van der Waals surface area (Å²) in [5.74, 6) is 0.610. The van der Waals surface area contributed by atoms with Gasteiger partial charge in [-0.15, -0.1) is 0 Å². The van der Waals surface area contributed by atoms with Crippen molar-refractivity contribution in [3.63, 3.8) is 0 Å². The summed E-state index contributed by atoms with van der Waals surface area (Å²) >= 11 is 0. The number of nitrogens with zero attached hydrogens (tertiary/aromatic N) is 1. The van der Waals surface area contributed by atoms with Crippen LogP contribution in [0.3, 0.4) is 0 Å². The molecule has 1 N–H and O–H groups in total. The van der Waals surface area contributed by atoms with Gasteiger partial charge in [0.1, 0.15) is 0 Å². The summed E-state index contributed by atoms with van der Waals surface area (Å²) in [5.41, 5.74) is 2.44. The molecule has 2 rings (SSSR count). The molecule has 17 heavy (non-hydrogen) atoms. The van der Waals surface area contributed by atoms with Crippen molar-refractivity contribution in [1.82, 2.24) is 4.57 Å². The van der Waals surface area contributed by atoms with Gasteiger partial charge in [0, 0.05) is 18.9 Å². The molecule has 0 radical (unpaired) electrons. The Kier molecular flexibility index (Phi) is 4.43. The highest BCUT2D eigenvalue weighted by Crippen LogP contribution is 2.30. The predicted molar refractivity (Wildman–Crippen MR) is 71.7 cm³/mol. The monoisotopic (exact) mass is 233 g/mol. The van der Waals surface area contributed by atoms with E-state index in [4.69, 9.17) is 0 Å². The third-order valence-electron chi connectivity index (χ3n) is 3.80. The van der Waals surface area contributed by atoms with Gasteiger partial charge >= 0.3 is 0 Å². The van der Waals surface area contributed by atoms with Gasteiger partial charge in [-0.2, -0.15) is 0 Å². The molecule has 0 unspecified atom stereocenters. The molecule has 94 valence electrons. The molecule has 2 nitrogen and oxygen atoms in total. The number of aromatic nitrogens is 1. The zero-order valence-corrected chi connectivity index (χ0v) is 10.7. The highest BCUT2D eigenvalue weighted by atomic mass is 16.3. The number of aryl methyl sites for hydroxylation is 1. The van der Waals surface area contributed by atoms with Crippen LogP contribution >= 0.6 is 0 Å². The molecule has 0 bridgehead atoms. The van der Waals surface area contributed by atoms with Gasteiger partial charge in [-0.1, -0.05) is 25.3 Å². The van der Waals surface area contributed by atoms with Gasteiger partial charge in [0.2, 0.25) is 0 Å². The average molecular weight is 233 g/mol. The van der Waals surface area contributed by atoms with E-state index in [1.165, 1.54) is 43.2 Å². The quantitative estimate of drug-likeness (QED) is 0.846. The van der Waals surface area contributed by atoms with Crippen molar-refractivity contribution >= 4 is 6.08 Å². The molecule has 1 fully saturated rings. The van der Waals surface area contributed by atoms with Gasteiger partial charge in [-0.25, -0.2) is 0 Å². The Morgan fingerprint density at radius 3 is 2.76 bits per heavy atom. The molecule has 0 aromatic carbocycles. The maximum absolute atomic E-state index is 9.53. The molecule has 2 heteroatoms. The standard InChI is InChI=1S/C15H23NO/c1-2-16-9-8-13(11-16)10-15(12-17)14-6-4-3-5-7-14/h8-11,14,17H,2-7,12H2,1H3. The van der Waals surface area contributed by atoms with Crippen molar-refractivity contribution in [3.05, 3.63) is 29.6 Å². The Labute approximate surface area is 104 Å². The fourth-order valence-electron chi connectivity index (χ4n) is 2.72. The topological polar surface area (TPSA) is 25.2 Å². The first-order valence-electron chi connectivity index (χ1n) is 6.80. The van der Waals surface area contributed by atoms with Gasteiger partial charge in [0.05, 0.1) is 6.61 Å². The zero-order valence-electron chi connectivity index (χ0n) is 10.7. The summed E-state index contributed by atoms with van der Waals surface area (Å²) in [6.45, 7) is 3.36. The number of aliphatic hydroxyl groups excluding tert-OH is 1. The van der Waals surface area contributed by atoms with Crippen molar-refractivity contribution in [2.45, 2.75) is 45.6 Å². The minimum Gasteiger partial charge on any atom is -0.392 e. The van der Waals surface area contributed by atoms with Crippen molar-refractivity contribution in [1.29, 1.82) is 0 Å². The van der Waals surface area contributed by atoms with Crippen LogP contribution in [0.5, 0.6) is 0 Å². The van der Waals surface area contributed by atoms with E-state index in [1.54, 1.807) is 0 Å². The number of hydrogen-bond acceptors (Lipinski definition) is 1. The molecule has 1 aliphatic rings. The molecular weight excluding hydrogens is 210 g/mol. The molecule has 1 aliphatic carbocycles. The largest absolute Gasteiger partial charge is 0.392 e. The van der Waals surface area contributed by atoms with Crippen molar-refractivity contribution in [2.75, 3.05) is 6.61 Å².